The summed E-state index contributed by atoms with van der Waals surface area (Å²) in [7, 11) is 1.66. The van der Waals surface area contributed by atoms with Crippen molar-refractivity contribution in [2.24, 2.45) is 0 Å². The van der Waals surface area contributed by atoms with Crippen molar-refractivity contribution in [1.82, 2.24) is 5.32 Å². The summed E-state index contributed by atoms with van der Waals surface area (Å²) in [5.41, 5.74) is 3.04. The summed E-state index contributed by atoms with van der Waals surface area (Å²) in [5.74, 6) is 0.789. The molecule has 3 nitrogen and oxygen atoms in total. The first-order chi connectivity index (χ1) is 9.19. The Bertz CT molecular complexity index is 449. The lowest BCUT2D eigenvalue weighted by atomic mass is 9.93. The molecule has 0 fully saturated rings. The zero-order chi connectivity index (χ0) is 15.5. The Morgan fingerprint density at radius 2 is 1.85 bits per heavy atom. The van der Waals surface area contributed by atoms with Crippen LogP contribution in [0.4, 0.5) is 0 Å². The average molecular weight is 279 g/mol. The van der Waals surface area contributed by atoms with Gasteiger partial charge in [-0.25, -0.2) is 0 Å². The number of hydrogen-bond acceptors (Lipinski definition) is 3. The summed E-state index contributed by atoms with van der Waals surface area (Å²) < 4.78 is 5.49. The Kier molecular flexibility index (Phi) is 5.60. The first kappa shape index (κ1) is 17.0. The van der Waals surface area contributed by atoms with E-state index in [-0.39, 0.29) is 11.6 Å². The SMILES string of the molecule is CCC(NC(C)(C)C)C(O)c1cc(C)cc(C)c1OC. The third kappa shape index (κ3) is 4.22. The van der Waals surface area contributed by atoms with Crippen LogP contribution < -0.4 is 10.1 Å². The quantitative estimate of drug-likeness (QED) is 0.866. The molecule has 0 amide bonds. The molecule has 114 valence electrons. The lowest BCUT2D eigenvalue weighted by molar-refractivity contribution is 0.108. The maximum atomic E-state index is 10.8. The molecule has 0 spiro atoms. The Balaban J connectivity index is 3.15. The normalized spacial score (nSPS) is 15.0. The molecule has 0 bridgehead atoms. The lowest BCUT2D eigenvalue weighted by Crippen LogP contribution is -2.46. The highest BCUT2D eigenvalue weighted by atomic mass is 16.5. The molecule has 0 aliphatic rings. The van der Waals surface area contributed by atoms with E-state index in [0.717, 1.165) is 28.9 Å². The van der Waals surface area contributed by atoms with Gasteiger partial charge in [0.05, 0.1) is 13.2 Å². The second kappa shape index (κ2) is 6.59. The second-order valence-corrected chi connectivity index (χ2v) is 6.56. The molecule has 1 rings (SSSR count). The third-order valence-corrected chi connectivity index (χ3v) is 3.41. The van der Waals surface area contributed by atoms with Crippen molar-refractivity contribution in [1.29, 1.82) is 0 Å². The topological polar surface area (TPSA) is 41.5 Å². The van der Waals surface area contributed by atoms with Crippen LogP contribution in [0.25, 0.3) is 0 Å². The van der Waals surface area contributed by atoms with E-state index in [1.807, 2.05) is 19.9 Å². The summed E-state index contributed by atoms with van der Waals surface area (Å²) in [5, 5.41) is 14.3. The second-order valence-electron chi connectivity index (χ2n) is 6.56. The molecule has 0 aliphatic carbocycles. The fourth-order valence-electron chi connectivity index (χ4n) is 2.66. The van der Waals surface area contributed by atoms with Gasteiger partial charge in [-0.2, -0.15) is 0 Å². The van der Waals surface area contributed by atoms with Crippen molar-refractivity contribution in [3.8, 4) is 5.75 Å². The van der Waals surface area contributed by atoms with E-state index in [9.17, 15) is 5.11 Å². The van der Waals surface area contributed by atoms with Gasteiger partial charge in [0.2, 0.25) is 0 Å². The highest BCUT2D eigenvalue weighted by Gasteiger charge is 2.26. The van der Waals surface area contributed by atoms with Crippen LogP contribution in [0.2, 0.25) is 0 Å². The van der Waals surface area contributed by atoms with Crippen LogP contribution in [0.3, 0.4) is 0 Å². The number of ether oxygens (including phenoxy) is 1. The number of nitrogens with one attached hydrogen (secondary N) is 1. The number of hydrogen-bond donors (Lipinski definition) is 2. The van der Waals surface area contributed by atoms with Gasteiger partial charge in [-0.05, 0) is 52.7 Å². The van der Waals surface area contributed by atoms with Gasteiger partial charge < -0.3 is 15.2 Å². The van der Waals surface area contributed by atoms with Gasteiger partial charge in [0.25, 0.3) is 0 Å². The van der Waals surface area contributed by atoms with E-state index in [2.05, 4.69) is 39.1 Å². The molecule has 0 saturated heterocycles. The van der Waals surface area contributed by atoms with E-state index in [0.29, 0.717) is 0 Å². The number of benzene rings is 1. The maximum absolute atomic E-state index is 10.8. The molecular weight excluding hydrogens is 250 g/mol. The number of aryl methyl sites for hydroxylation is 2. The zero-order valence-electron chi connectivity index (χ0n) is 13.9. The zero-order valence-corrected chi connectivity index (χ0v) is 13.9. The van der Waals surface area contributed by atoms with Crippen molar-refractivity contribution < 1.29 is 9.84 Å². The predicted octanol–water partition coefficient (Wildman–Crippen LogP) is 3.51. The summed E-state index contributed by atoms with van der Waals surface area (Å²) in [6.07, 6.45) is 0.280. The molecule has 3 heteroatoms. The van der Waals surface area contributed by atoms with Gasteiger partial charge in [0.1, 0.15) is 5.75 Å². The van der Waals surface area contributed by atoms with Crippen molar-refractivity contribution in [3.63, 3.8) is 0 Å². The van der Waals surface area contributed by atoms with Crippen LogP contribution >= 0.6 is 0 Å². The number of aliphatic hydroxyl groups is 1. The van der Waals surface area contributed by atoms with Crippen LogP contribution in [-0.2, 0) is 0 Å². The van der Waals surface area contributed by atoms with Gasteiger partial charge >= 0.3 is 0 Å². The molecular formula is C17H29NO2. The van der Waals surface area contributed by atoms with Crippen molar-refractivity contribution in [3.05, 3.63) is 28.8 Å². The first-order valence-corrected chi connectivity index (χ1v) is 7.30. The van der Waals surface area contributed by atoms with Gasteiger partial charge in [-0.1, -0.05) is 18.6 Å². The molecule has 2 N–H and O–H groups in total. The van der Waals surface area contributed by atoms with Gasteiger partial charge in [0, 0.05) is 17.1 Å². The van der Waals surface area contributed by atoms with E-state index in [1.54, 1.807) is 7.11 Å². The molecule has 0 radical (unpaired) electrons. The summed E-state index contributed by atoms with van der Waals surface area (Å²) in [6, 6.07) is 4.10. The molecule has 2 atom stereocenters. The van der Waals surface area contributed by atoms with E-state index in [1.165, 1.54) is 0 Å². The smallest absolute Gasteiger partial charge is 0.127 e. The first-order valence-electron chi connectivity index (χ1n) is 7.30. The predicted molar refractivity (Wildman–Crippen MR) is 84.4 cm³/mol. The van der Waals surface area contributed by atoms with E-state index < -0.39 is 6.10 Å². The number of aliphatic hydroxyl groups excluding tert-OH is 1. The minimum absolute atomic E-state index is 0.00472. The number of rotatable bonds is 5. The average Bonchev–Trinajstić information content (AvgIpc) is 2.33. The lowest BCUT2D eigenvalue weighted by Gasteiger charge is -2.32. The fraction of sp³-hybridized carbons (Fsp3) is 0.647. The standard InChI is InChI=1S/C17H29NO2/c1-8-14(18-17(4,5)6)15(19)13-10-11(2)9-12(3)16(13)20-7/h9-10,14-15,18-19H,8H2,1-7H3. The molecule has 2 unspecified atom stereocenters. The van der Waals surface area contributed by atoms with Crippen molar-refractivity contribution >= 4 is 0 Å². The van der Waals surface area contributed by atoms with Gasteiger partial charge in [0.15, 0.2) is 0 Å². The van der Waals surface area contributed by atoms with Gasteiger partial charge in [-0.3, -0.25) is 0 Å². The summed E-state index contributed by atoms with van der Waals surface area (Å²) in [6.45, 7) is 12.5. The Morgan fingerprint density at radius 1 is 1.25 bits per heavy atom. The molecule has 0 heterocycles. The molecule has 0 aromatic heterocycles. The minimum atomic E-state index is -0.576. The molecule has 0 saturated carbocycles. The Hall–Kier alpha value is -1.06. The van der Waals surface area contributed by atoms with Crippen LogP contribution in [0.5, 0.6) is 5.75 Å². The Morgan fingerprint density at radius 3 is 2.30 bits per heavy atom. The van der Waals surface area contributed by atoms with Crippen molar-refractivity contribution in [2.45, 2.75) is 65.6 Å². The van der Waals surface area contributed by atoms with Crippen molar-refractivity contribution in [2.75, 3.05) is 7.11 Å². The van der Waals surface area contributed by atoms with E-state index >= 15 is 0 Å². The highest BCUT2D eigenvalue weighted by Crippen LogP contribution is 2.33. The molecule has 20 heavy (non-hydrogen) atoms. The van der Waals surface area contributed by atoms with E-state index in [4.69, 9.17) is 4.74 Å². The summed E-state index contributed by atoms with van der Waals surface area (Å²) in [4.78, 5) is 0. The maximum Gasteiger partial charge on any atom is 0.127 e. The molecule has 1 aromatic carbocycles. The Labute approximate surface area is 123 Å². The monoisotopic (exact) mass is 279 g/mol. The fourth-order valence-corrected chi connectivity index (χ4v) is 2.66. The van der Waals surface area contributed by atoms with Crippen LogP contribution in [-0.4, -0.2) is 23.8 Å². The van der Waals surface area contributed by atoms with Gasteiger partial charge in [-0.15, -0.1) is 0 Å². The van der Waals surface area contributed by atoms with Crippen LogP contribution in [0, 0.1) is 13.8 Å². The molecule has 1 aromatic rings. The highest BCUT2D eigenvalue weighted by molar-refractivity contribution is 5.45. The van der Waals surface area contributed by atoms with Crippen LogP contribution in [0.1, 0.15) is 56.9 Å². The van der Waals surface area contributed by atoms with Crippen LogP contribution in [0.15, 0.2) is 12.1 Å². The summed E-state index contributed by atoms with van der Waals surface area (Å²) >= 11 is 0. The molecule has 0 aliphatic heterocycles. The largest absolute Gasteiger partial charge is 0.496 e. The minimum Gasteiger partial charge on any atom is -0.496 e. The number of methoxy groups -OCH3 is 1. The third-order valence-electron chi connectivity index (χ3n) is 3.41.